The minimum absolute atomic E-state index is 0.0371. The molecule has 1 N–H and O–H groups in total. The normalized spacial score (nSPS) is 30.9. The van der Waals surface area contributed by atoms with Crippen LogP contribution in [-0.4, -0.2) is 40.9 Å². The molecule has 4 aliphatic rings. The zero-order chi connectivity index (χ0) is 20.5. The van der Waals surface area contributed by atoms with E-state index in [4.69, 9.17) is 14.2 Å². The Morgan fingerprint density at radius 2 is 1.77 bits per heavy atom. The van der Waals surface area contributed by atoms with E-state index in [1.807, 2.05) is 48.2 Å². The molecule has 6 heteroatoms. The molecular formula is C24H25NO5. The van der Waals surface area contributed by atoms with E-state index in [2.05, 4.69) is 0 Å². The molecule has 0 spiro atoms. The van der Waals surface area contributed by atoms with Gasteiger partial charge in [-0.15, -0.1) is 0 Å². The zero-order valence-corrected chi connectivity index (χ0v) is 17.0. The van der Waals surface area contributed by atoms with E-state index in [1.54, 1.807) is 0 Å². The van der Waals surface area contributed by atoms with Gasteiger partial charge in [0.2, 0.25) is 6.79 Å². The highest BCUT2D eigenvalue weighted by Crippen LogP contribution is 2.48. The number of hydrogen-bond acceptors (Lipinski definition) is 5. The van der Waals surface area contributed by atoms with Crippen molar-refractivity contribution in [3.05, 3.63) is 53.1 Å². The number of aliphatic hydroxyl groups is 1. The number of piperidine rings is 1. The van der Waals surface area contributed by atoms with Gasteiger partial charge in [-0.05, 0) is 61.2 Å². The smallest absolute Gasteiger partial charge is 0.254 e. The lowest BCUT2D eigenvalue weighted by atomic mass is 9.80. The molecular weight excluding hydrogens is 382 g/mol. The van der Waals surface area contributed by atoms with Gasteiger partial charge in [-0.1, -0.05) is 6.07 Å². The van der Waals surface area contributed by atoms with Crippen molar-refractivity contribution in [3.63, 3.8) is 0 Å². The van der Waals surface area contributed by atoms with Crippen LogP contribution < -0.4 is 14.2 Å². The molecule has 30 heavy (non-hydrogen) atoms. The number of amides is 1. The molecule has 3 unspecified atom stereocenters. The Balaban J connectivity index is 1.26. The summed E-state index contributed by atoms with van der Waals surface area (Å²) in [5.41, 5.74) is 1.72. The van der Waals surface area contributed by atoms with Gasteiger partial charge in [-0.3, -0.25) is 4.79 Å². The minimum atomic E-state index is -0.954. The Morgan fingerprint density at radius 1 is 1.03 bits per heavy atom. The molecule has 4 heterocycles. The fourth-order valence-electron chi connectivity index (χ4n) is 5.68. The maximum Gasteiger partial charge on any atom is 0.254 e. The van der Waals surface area contributed by atoms with E-state index in [0.29, 0.717) is 24.3 Å². The summed E-state index contributed by atoms with van der Waals surface area (Å²) in [7, 11) is 0. The van der Waals surface area contributed by atoms with Crippen molar-refractivity contribution in [1.82, 2.24) is 4.90 Å². The van der Waals surface area contributed by atoms with Crippen molar-refractivity contribution < 1.29 is 24.1 Å². The second-order valence-electron chi connectivity index (χ2n) is 9.06. The van der Waals surface area contributed by atoms with Crippen molar-refractivity contribution in [2.45, 2.75) is 62.8 Å². The van der Waals surface area contributed by atoms with E-state index >= 15 is 0 Å². The fourth-order valence-corrected chi connectivity index (χ4v) is 5.68. The number of hydrogen-bond donors (Lipinski definition) is 1. The summed E-state index contributed by atoms with van der Waals surface area (Å²) in [6.07, 6.45) is 3.93. The second-order valence-corrected chi connectivity index (χ2v) is 9.06. The second kappa shape index (κ2) is 6.38. The molecule has 4 aliphatic heterocycles. The first-order chi connectivity index (χ1) is 14.5. The summed E-state index contributed by atoms with van der Waals surface area (Å²) in [5, 5.41) is 11.5. The van der Waals surface area contributed by atoms with Gasteiger partial charge in [0.15, 0.2) is 11.5 Å². The molecule has 1 amide bonds. The highest BCUT2D eigenvalue weighted by molar-refractivity contribution is 5.95. The molecule has 2 bridgehead atoms. The Labute approximate surface area is 175 Å². The van der Waals surface area contributed by atoms with Crippen LogP contribution >= 0.6 is 0 Å². The molecule has 156 valence electrons. The highest BCUT2D eigenvalue weighted by Gasteiger charge is 2.50. The summed E-state index contributed by atoms with van der Waals surface area (Å²) < 4.78 is 16.7. The molecule has 0 radical (unpaired) electrons. The number of nitrogens with zero attached hydrogens (tertiary/aromatic N) is 1. The summed E-state index contributed by atoms with van der Waals surface area (Å²) in [4.78, 5) is 15.4. The predicted octanol–water partition coefficient (Wildman–Crippen LogP) is 3.39. The number of carbonyl (C=O) groups is 1. The third-order valence-electron chi connectivity index (χ3n) is 7.05. The monoisotopic (exact) mass is 407 g/mol. The van der Waals surface area contributed by atoms with E-state index in [0.717, 1.165) is 41.7 Å². The van der Waals surface area contributed by atoms with E-state index in [9.17, 15) is 9.90 Å². The first-order valence-corrected chi connectivity index (χ1v) is 10.7. The fraction of sp³-hybridized carbons (Fsp3) is 0.458. The summed E-state index contributed by atoms with van der Waals surface area (Å²) in [6, 6.07) is 11.5. The summed E-state index contributed by atoms with van der Waals surface area (Å²) in [6.45, 7) is 2.26. The lowest BCUT2D eigenvalue weighted by molar-refractivity contribution is -0.0480. The van der Waals surface area contributed by atoms with Crippen LogP contribution in [0, 0.1) is 0 Å². The average Bonchev–Trinajstić information content (AvgIpc) is 3.41. The molecule has 0 aromatic heterocycles. The number of benzene rings is 2. The minimum Gasteiger partial charge on any atom is -0.490 e. The molecule has 2 fully saturated rings. The van der Waals surface area contributed by atoms with Crippen molar-refractivity contribution in [3.8, 4) is 17.2 Å². The first-order valence-electron chi connectivity index (χ1n) is 10.7. The standard InChI is InChI=1S/C24H25NO5/c1-14-8-16-9-15(2-6-20(16)30-14)23(26)25-18-4-5-19(25)12-24(27,11-18)17-3-7-21-22(10-17)29-13-28-21/h2-3,6-7,9-10,14,18-19,27H,4-5,8,11-13H2,1H3. The Bertz CT molecular complexity index is 1020. The van der Waals surface area contributed by atoms with E-state index < -0.39 is 5.60 Å². The van der Waals surface area contributed by atoms with Gasteiger partial charge in [0, 0.05) is 36.9 Å². The van der Waals surface area contributed by atoms with Gasteiger partial charge < -0.3 is 24.2 Å². The average molecular weight is 407 g/mol. The number of fused-ring (bicyclic) bond motifs is 4. The molecule has 0 aliphatic carbocycles. The van der Waals surface area contributed by atoms with Crippen LogP contribution in [0.3, 0.4) is 0 Å². The lowest BCUT2D eigenvalue weighted by Crippen LogP contribution is -2.52. The molecule has 3 atom stereocenters. The zero-order valence-electron chi connectivity index (χ0n) is 17.0. The lowest BCUT2D eigenvalue weighted by Gasteiger charge is -2.44. The van der Waals surface area contributed by atoms with Gasteiger partial charge in [0.05, 0.1) is 5.60 Å². The van der Waals surface area contributed by atoms with Crippen LogP contribution in [0.25, 0.3) is 0 Å². The summed E-state index contributed by atoms with van der Waals surface area (Å²) in [5.74, 6) is 2.35. The van der Waals surface area contributed by atoms with Crippen molar-refractivity contribution >= 4 is 5.91 Å². The van der Waals surface area contributed by atoms with E-state index in [1.165, 1.54) is 0 Å². The topological polar surface area (TPSA) is 68.2 Å². The van der Waals surface area contributed by atoms with Crippen molar-refractivity contribution in [2.24, 2.45) is 0 Å². The van der Waals surface area contributed by atoms with Crippen LogP contribution in [0.4, 0.5) is 0 Å². The third-order valence-corrected chi connectivity index (χ3v) is 7.05. The van der Waals surface area contributed by atoms with Crippen LogP contribution in [0.2, 0.25) is 0 Å². The molecule has 2 aromatic rings. The quantitative estimate of drug-likeness (QED) is 0.827. The van der Waals surface area contributed by atoms with Crippen LogP contribution in [0.1, 0.15) is 54.1 Å². The molecule has 2 saturated heterocycles. The summed E-state index contributed by atoms with van der Waals surface area (Å²) >= 11 is 0. The molecule has 6 nitrogen and oxygen atoms in total. The number of ether oxygens (including phenoxy) is 3. The van der Waals surface area contributed by atoms with Crippen LogP contribution in [0.15, 0.2) is 36.4 Å². The first kappa shape index (κ1) is 18.1. The Morgan fingerprint density at radius 3 is 2.57 bits per heavy atom. The molecule has 6 rings (SSSR count). The Kier molecular flexibility index (Phi) is 3.84. The maximum absolute atomic E-state index is 13.4. The van der Waals surface area contributed by atoms with Gasteiger partial charge in [0.25, 0.3) is 5.91 Å². The maximum atomic E-state index is 13.4. The van der Waals surface area contributed by atoms with Gasteiger partial charge >= 0.3 is 0 Å². The third kappa shape index (κ3) is 2.70. The van der Waals surface area contributed by atoms with E-state index in [-0.39, 0.29) is 30.9 Å². The van der Waals surface area contributed by atoms with Crippen molar-refractivity contribution in [1.29, 1.82) is 0 Å². The van der Waals surface area contributed by atoms with Gasteiger partial charge in [-0.25, -0.2) is 0 Å². The largest absolute Gasteiger partial charge is 0.490 e. The van der Waals surface area contributed by atoms with Gasteiger partial charge in [0.1, 0.15) is 11.9 Å². The number of carbonyl (C=O) groups excluding carboxylic acids is 1. The van der Waals surface area contributed by atoms with Crippen LogP contribution in [-0.2, 0) is 12.0 Å². The Hall–Kier alpha value is -2.73. The number of rotatable bonds is 2. The van der Waals surface area contributed by atoms with Crippen molar-refractivity contribution in [2.75, 3.05) is 6.79 Å². The van der Waals surface area contributed by atoms with Gasteiger partial charge in [-0.2, -0.15) is 0 Å². The highest BCUT2D eigenvalue weighted by atomic mass is 16.7. The molecule has 2 aromatic carbocycles. The SMILES string of the molecule is CC1Cc2cc(C(=O)N3C4CCC3CC(O)(c3ccc5c(c3)OCO5)C4)ccc2O1. The van der Waals surface area contributed by atoms with Crippen LogP contribution in [0.5, 0.6) is 17.2 Å². The predicted molar refractivity (Wildman–Crippen MR) is 109 cm³/mol. The molecule has 0 saturated carbocycles.